The summed E-state index contributed by atoms with van der Waals surface area (Å²) in [5.74, 6) is 0.512. The molecule has 1 heterocycles. The summed E-state index contributed by atoms with van der Waals surface area (Å²) in [6.45, 7) is 5.31. The lowest BCUT2D eigenvalue weighted by Gasteiger charge is -2.28. The maximum Gasteiger partial charge on any atom is 0.302 e. The lowest BCUT2D eigenvalue weighted by atomic mass is 10.1. The highest BCUT2D eigenvalue weighted by Crippen LogP contribution is 2.22. The molecule has 1 fully saturated rings. The Morgan fingerprint density at radius 3 is 3.00 bits per heavy atom. The highest BCUT2D eigenvalue weighted by Gasteiger charge is 2.23. The predicted molar refractivity (Wildman–Crippen MR) is 35.3 cm³/mol. The van der Waals surface area contributed by atoms with Crippen LogP contribution >= 0.6 is 0 Å². The van der Waals surface area contributed by atoms with Gasteiger partial charge in [-0.1, -0.05) is 6.58 Å². The van der Waals surface area contributed by atoms with Gasteiger partial charge in [0, 0.05) is 13.3 Å². The SMILES string of the molecule is C=C1CC(COC(C)=O)O1. The summed E-state index contributed by atoms with van der Waals surface area (Å²) in [6.07, 6.45) is 0.865. The third-order valence-corrected chi connectivity index (χ3v) is 1.26. The van der Waals surface area contributed by atoms with Gasteiger partial charge in [-0.3, -0.25) is 4.79 Å². The summed E-state index contributed by atoms with van der Waals surface area (Å²) >= 11 is 0. The number of hydrogen-bond acceptors (Lipinski definition) is 3. The molecule has 0 spiro atoms. The van der Waals surface area contributed by atoms with Crippen molar-refractivity contribution in [1.82, 2.24) is 0 Å². The van der Waals surface area contributed by atoms with Crippen molar-refractivity contribution >= 4 is 5.97 Å². The molecule has 0 N–H and O–H groups in total. The van der Waals surface area contributed by atoms with E-state index in [9.17, 15) is 4.79 Å². The van der Waals surface area contributed by atoms with Crippen LogP contribution in [-0.4, -0.2) is 18.7 Å². The van der Waals surface area contributed by atoms with Gasteiger partial charge >= 0.3 is 5.97 Å². The average Bonchev–Trinajstić information content (AvgIpc) is 1.77. The average molecular weight is 142 g/mol. The standard InChI is InChI=1S/C7H10O3/c1-5-3-7(10-5)4-9-6(2)8/h7H,1,3-4H2,2H3. The zero-order valence-corrected chi connectivity index (χ0v) is 5.92. The number of hydrogen-bond donors (Lipinski definition) is 0. The molecule has 3 heteroatoms. The van der Waals surface area contributed by atoms with E-state index >= 15 is 0 Å². The maximum absolute atomic E-state index is 10.3. The van der Waals surface area contributed by atoms with Crippen molar-refractivity contribution in [3.8, 4) is 0 Å². The van der Waals surface area contributed by atoms with Gasteiger partial charge in [0.2, 0.25) is 0 Å². The van der Waals surface area contributed by atoms with Crippen LogP contribution in [0.2, 0.25) is 0 Å². The summed E-state index contributed by atoms with van der Waals surface area (Å²) in [7, 11) is 0. The van der Waals surface area contributed by atoms with Crippen LogP contribution in [0.25, 0.3) is 0 Å². The van der Waals surface area contributed by atoms with E-state index in [2.05, 4.69) is 11.3 Å². The van der Waals surface area contributed by atoms with E-state index in [0.29, 0.717) is 6.61 Å². The van der Waals surface area contributed by atoms with Crippen molar-refractivity contribution in [2.24, 2.45) is 0 Å². The Hall–Kier alpha value is -0.990. The quantitative estimate of drug-likeness (QED) is 0.536. The van der Waals surface area contributed by atoms with Gasteiger partial charge in [-0.25, -0.2) is 0 Å². The molecule has 0 aromatic carbocycles. The Balaban J connectivity index is 2.05. The van der Waals surface area contributed by atoms with Crippen LogP contribution in [0.15, 0.2) is 12.3 Å². The lowest BCUT2D eigenvalue weighted by Crippen LogP contribution is -2.29. The van der Waals surface area contributed by atoms with E-state index in [-0.39, 0.29) is 12.1 Å². The number of rotatable bonds is 2. The Bertz CT molecular complexity index is 154. The Morgan fingerprint density at radius 2 is 2.60 bits per heavy atom. The molecule has 1 unspecified atom stereocenters. The van der Waals surface area contributed by atoms with E-state index in [1.807, 2.05) is 0 Å². The highest BCUT2D eigenvalue weighted by atomic mass is 16.6. The molecule has 0 aromatic rings. The summed E-state index contributed by atoms with van der Waals surface area (Å²) in [5.41, 5.74) is 0. The van der Waals surface area contributed by atoms with Crippen molar-refractivity contribution in [3.63, 3.8) is 0 Å². The van der Waals surface area contributed by atoms with Gasteiger partial charge in [-0.15, -0.1) is 0 Å². The Kier molecular flexibility index (Phi) is 1.94. The molecular weight excluding hydrogens is 132 g/mol. The first-order valence-corrected chi connectivity index (χ1v) is 3.16. The molecule has 1 aliphatic heterocycles. The summed E-state index contributed by atoms with van der Waals surface area (Å²) in [6, 6.07) is 0. The first-order valence-electron chi connectivity index (χ1n) is 3.16. The van der Waals surface area contributed by atoms with Gasteiger partial charge in [0.1, 0.15) is 12.7 Å². The number of esters is 1. The second kappa shape index (κ2) is 2.73. The van der Waals surface area contributed by atoms with E-state index < -0.39 is 0 Å². The summed E-state index contributed by atoms with van der Waals surface area (Å²) in [4.78, 5) is 10.3. The van der Waals surface area contributed by atoms with Crippen LogP contribution < -0.4 is 0 Å². The number of carbonyl (C=O) groups excluding carboxylic acids is 1. The molecule has 0 amide bonds. The number of carbonyl (C=O) groups is 1. The molecule has 0 radical (unpaired) electrons. The Labute approximate surface area is 59.6 Å². The second-order valence-electron chi connectivity index (χ2n) is 2.29. The number of ether oxygens (including phenoxy) is 2. The first kappa shape index (κ1) is 7.12. The summed E-state index contributed by atoms with van der Waals surface area (Å²) in [5, 5.41) is 0. The Morgan fingerprint density at radius 1 is 2.00 bits per heavy atom. The molecule has 0 aliphatic carbocycles. The van der Waals surface area contributed by atoms with Gasteiger partial charge < -0.3 is 9.47 Å². The zero-order valence-electron chi connectivity index (χ0n) is 5.92. The van der Waals surface area contributed by atoms with E-state index in [0.717, 1.165) is 12.2 Å². The van der Waals surface area contributed by atoms with Crippen molar-refractivity contribution < 1.29 is 14.3 Å². The molecule has 1 rings (SSSR count). The molecule has 56 valence electrons. The van der Waals surface area contributed by atoms with Crippen LogP contribution in [0.5, 0.6) is 0 Å². The van der Waals surface area contributed by atoms with Crippen molar-refractivity contribution in [2.45, 2.75) is 19.4 Å². The minimum atomic E-state index is -0.263. The highest BCUT2D eigenvalue weighted by molar-refractivity contribution is 5.65. The molecule has 3 nitrogen and oxygen atoms in total. The van der Waals surface area contributed by atoms with Gasteiger partial charge in [-0.05, 0) is 0 Å². The minimum Gasteiger partial charge on any atom is -0.491 e. The molecule has 1 aliphatic rings. The molecule has 10 heavy (non-hydrogen) atoms. The minimum absolute atomic E-state index is 0.0522. The van der Waals surface area contributed by atoms with Gasteiger partial charge in [-0.2, -0.15) is 0 Å². The zero-order chi connectivity index (χ0) is 7.56. The molecule has 0 aromatic heterocycles. The van der Waals surface area contributed by atoms with Crippen LogP contribution in [0.3, 0.4) is 0 Å². The fourth-order valence-electron chi connectivity index (χ4n) is 0.783. The van der Waals surface area contributed by atoms with Crippen molar-refractivity contribution in [3.05, 3.63) is 12.3 Å². The van der Waals surface area contributed by atoms with E-state index in [1.54, 1.807) is 0 Å². The smallest absolute Gasteiger partial charge is 0.302 e. The van der Waals surface area contributed by atoms with Crippen LogP contribution in [0, 0.1) is 0 Å². The first-order chi connectivity index (χ1) is 4.68. The second-order valence-corrected chi connectivity index (χ2v) is 2.29. The largest absolute Gasteiger partial charge is 0.491 e. The predicted octanol–water partition coefficient (Wildman–Crippen LogP) is 0.852. The fraction of sp³-hybridized carbons (Fsp3) is 0.571. The van der Waals surface area contributed by atoms with Gasteiger partial charge in [0.25, 0.3) is 0 Å². The van der Waals surface area contributed by atoms with Gasteiger partial charge in [0.05, 0.1) is 5.76 Å². The topological polar surface area (TPSA) is 35.5 Å². The third kappa shape index (κ3) is 1.76. The maximum atomic E-state index is 10.3. The fourth-order valence-corrected chi connectivity index (χ4v) is 0.783. The summed E-state index contributed by atoms with van der Waals surface area (Å²) < 4.78 is 9.71. The lowest BCUT2D eigenvalue weighted by molar-refractivity contribution is -0.147. The molecule has 0 saturated carbocycles. The van der Waals surface area contributed by atoms with E-state index in [1.165, 1.54) is 6.92 Å². The van der Waals surface area contributed by atoms with Crippen LogP contribution in [0.1, 0.15) is 13.3 Å². The molecule has 0 bridgehead atoms. The normalized spacial score (nSPS) is 22.9. The molecule has 1 atom stereocenters. The third-order valence-electron chi connectivity index (χ3n) is 1.26. The van der Waals surface area contributed by atoms with Crippen molar-refractivity contribution in [2.75, 3.05) is 6.61 Å². The van der Waals surface area contributed by atoms with Crippen molar-refractivity contribution in [1.29, 1.82) is 0 Å². The van der Waals surface area contributed by atoms with Crippen LogP contribution in [0.4, 0.5) is 0 Å². The molecular formula is C7H10O3. The molecule has 1 saturated heterocycles. The van der Waals surface area contributed by atoms with Crippen LogP contribution in [-0.2, 0) is 14.3 Å². The van der Waals surface area contributed by atoms with Gasteiger partial charge in [0.15, 0.2) is 0 Å². The van der Waals surface area contributed by atoms with E-state index in [4.69, 9.17) is 4.74 Å². The monoisotopic (exact) mass is 142 g/mol.